The van der Waals surface area contributed by atoms with Gasteiger partial charge in [0.15, 0.2) is 0 Å². The Kier molecular flexibility index (Phi) is 5.91. The van der Waals surface area contributed by atoms with E-state index in [-0.39, 0.29) is 25.1 Å². The summed E-state index contributed by atoms with van der Waals surface area (Å²) in [6, 6.07) is 8.98. The van der Waals surface area contributed by atoms with E-state index in [9.17, 15) is 23.1 Å². The van der Waals surface area contributed by atoms with Gasteiger partial charge < -0.3 is 14.8 Å². The predicted molar refractivity (Wildman–Crippen MR) is 120 cm³/mol. The summed E-state index contributed by atoms with van der Waals surface area (Å²) < 4.78 is 46.5. The van der Waals surface area contributed by atoms with Crippen LogP contribution < -0.4 is 4.74 Å². The summed E-state index contributed by atoms with van der Waals surface area (Å²) in [7, 11) is 0. The van der Waals surface area contributed by atoms with Crippen molar-refractivity contribution in [3.63, 3.8) is 0 Å². The molecule has 0 unspecified atom stereocenters. The van der Waals surface area contributed by atoms with Crippen LogP contribution in [-0.2, 0) is 10.2 Å². The Hall–Kier alpha value is -3.36. The minimum Gasteiger partial charge on any atom is -0.492 e. The van der Waals surface area contributed by atoms with Gasteiger partial charge in [0.1, 0.15) is 23.6 Å². The highest BCUT2D eigenvalue weighted by Crippen LogP contribution is 2.54. The van der Waals surface area contributed by atoms with Gasteiger partial charge >= 0.3 is 12.1 Å². The van der Waals surface area contributed by atoms with Gasteiger partial charge in [-0.15, -0.1) is 0 Å². The lowest BCUT2D eigenvalue weighted by atomic mass is 9.66. The molecule has 34 heavy (non-hydrogen) atoms. The molecule has 6 nitrogen and oxygen atoms in total. The van der Waals surface area contributed by atoms with E-state index in [1.807, 2.05) is 25.1 Å². The number of hydrogen-bond donors (Lipinski definition) is 2. The third kappa shape index (κ3) is 4.26. The molecule has 2 heterocycles. The van der Waals surface area contributed by atoms with Gasteiger partial charge in [0.2, 0.25) is 0 Å². The highest BCUT2D eigenvalue weighted by Gasteiger charge is 2.60. The summed E-state index contributed by atoms with van der Waals surface area (Å²) in [6.07, 6.45) is -0.748. The molecule has 0 aliphatic heterocycles. The molecule has 2 aromatic heterocycles. The van der Waals surface area contributed by atoms with E-state index >= 15 is 0 Å². The van der Waals surface area contributed by atoms with E-state index in [1.54, 1.807) is 32.2 Å². The van der Waals surface area contributed by atoms with Crippen LogP contribution in [0.4, 0.5) is 13.2 Å². The van der Waals surface area contributed by atoms with Gasteiger partial charge in [-0.2, -0.15) is 13.2 Å². The molecule has 1 aromatic carbocycles. The molecule has 3 aromatic rings. The van der Waals surface area contributed by atoms with E-state index in [0.29, 0.717) is 23.6 Å². The van der Waals surface area contributed by atoms with Crippen LogP contribution in [0, 0.1) is 12.3 Å². The lowest BCUT2D eigenvalue weighted by Crippen LogP contribution is -2.48. The smallest absolute Gasteiger partial charge is 0.399 e. The number of aromatic nitrogens is 3. The molecule has 0 amide bonds. The number of ether oxygens (including phenoxy) is 1. The number of hydrogen-bond acceptors (Lipinski definition) is 4. The van der Waals surface area contributed by atoms with Gasteiger partial charge in [-0.1, -0.05) is 6.42 Å². The summed E-state index contributed by atoms with van der Waals surface area (Å²) in [4.78, 5) is 22.8. The van der Waals surface area contributed by atoms with E-state index in [0.717, 1.165) is 16.8 Å². The third-order valence-electron chi connectivity index (χ3n) is 6.50. The third-order valence-corrected chi connectivity index (χ3v) is 6.50. The molecule has 4 rings (SSSR count). The van der Waals surface area contributed by atoms with Crippen molar-refractivity contribution in [2.24, 2.45) is 5.41 Å². The maximum atomic E-state index is 13.6. The molecule has 9 heteroatoms. The Morgan fingerprint density at radius 1 is 1.12 bits per heavy atom. The molecule has 1 aliphatic carbocycles. The van der Waals surface area contributed by atoms with Crippen molar-refractivity contribution in [3.05, 3.63) is 54.0 Å². The normalized spacial score (nSPS) is 15.6. The van der Waals surface area contributed by atoms with Crippen LogP contribution in [0.2, 0.25) is 0 Å². The van der Waals surface area contributed by atoms with Crippen LogP contribution >= 0.6 is 0 Å². The summed E-state index contributed by atoms with van der Waals surface area (Å²) in [6.45, 7) is 5.10. The SMILES string of the molecule is Cc1cc(-c2ncc(C3(C(F)(F)F)CCC3)[nH]2)cnc1-c1ccc(OCC(C)(C)C(=O)O)cc1. The van der Waals surface area contributed by atoms with Crippen molar-refractivity contribution < 1.29 is 27.8 Å². The number of halogens is 3. The highest BCUT2D eigenvalue weighted by atomic mass is 19.4. The molecule has 2 N–H and O–H groups in total. The van der Waals surface area contributed by atoms with Gasteiger partial charge in [0, 0.05) is 23.5 Å². The number of pyridine rings is 1. The van der Waals surface area contributed by atoms with E-state index in [1.165, 1.54) is 6.20 Å². The zero-order valence-corrected chi connectivity index (χ0v) is 19.2. The minimum atomic E-state index is -4.31. The van der Waals surface area contributed by atoms with E-state index < -0.39 is 23.0 Å². The standard InChI is InChI=1S/C25H26F3N3O3/c1-15-11-17(21-30-13-19(31-21)24(9-4-10-24)25(26,27)28)12-29-20(15)16-5-7-18(8-6-16)34-14-23(2,3)22(32)33/h5-8,11-13H,4,9-10,14H2,1-3H3,(H,30,31)(H,32,33). The lowest BCUT2D eigenvalue weighted by Gasteiger charge is -2.42. The molecular weight excluding hydrogens is 447 g/mol. The first-order valence-electron chi connectivity index (χ1n) is 11.0. The number of imidazole rings is 1. The van der Waals surface area contributed by atoms with Crippen LogP contribution in [-0.4, -0.2) is 38.8 Å². The fourth-order valence-corrected chi connectivity index (χ4v) is 3.99. The molecule has 1 saturated carbocycles. The molecular formula is C25H26F3N3O3. The number of aromatic amines is 1. The fourth-order valence-electron chi connectivity index (χ4n) is 3.99. The number of nitrogens with zero attached hydrogens (tertiary/aromatic N) is 2. The first-order valence-corrected chi connectivity index (χ1v) is 11.0. The molecule has 1 aliphatic rings. The second-order valence-corrected chi connectivity index (χ2v) is 9.47. The van der Waals surface area contributed by atoms with E-state index in [4.69, 9.17) is 4.74 Å². The van der Waals surface area contributed by atoms with Crippen molar-refractivity contribution >= 4 is 5.97 Å². The number of aryl methyl sites for hydroxylation is 1. The van der Waals surface area contributed by atoms with E-state index in [2.05, 4.69) is 15.0 Å². The van der Waals surface area contributed by atoms with Gasteiger partial charge in [-0.3, -0.25) is 9.78 Å². The highest BCUT2D eigenvalue weighted by molar-refractivity contribution is 5.73. The van der Waals surface area contributed by atoms with Crippen LogP contribution in [0.15, 0.2) is 42.7 Å². The van der Waals surface area contributed by atoms with Gasteiger partial charge in [-0.05, 0) is 69.5 Å². The zero-order valence-electron chi connectivity index (χ0n) is 19.2. The average Bonchev–Trinajstić information content (AvgIpc) is 3.21. The maximum absolute atomic E-state index is 13.6. The number of aliphatic carboxylic acids is 1. The first kappa shape index (κ1) is 23.8. The summed E-state index contributed by atoms with van der Waals surface area (Å²) in [5.74, 6) is -0.0310. The topological polar surface area (TPSA) is 88.1 Å². The fraction of sp³-hybridized carbons (Fsp3) is 0.400. The summed E-state index contributed by atoms with van der Waals surface area (Å²) in [5.41, 5.74) is 0.272. The Bertz CT molecular complexity index is 1200. The zero-order chi connectivity index (χ0) is 24.7. The number of nitrogens with one attached hydrogen (secondary N) is 1. The van der Waals surface area contributed by atoms with Crippen LogP contribution in [0.1, 0.15) is 44.4 Å². The van der Waals surface area contributed by atoms with Crippen molar-refractivity contribution in [2.75, 3.05) is 6.61 Å². The average molecular weight is 473 g/mol. The first-order chi connectivity index (χ1) is 15.9. The Balaban J connectivity index is 1.51. The quantitative estimate of drug-likeness (QED) is 0.445. The Labute approximate surface area is 195 Å². The molecule has 0 radical (unpaired) electrons. The van der Waals surface area contributed by atoms with Crippen molar-refractivity contribution in [1.82, 2.24) is 15.0 Å². The largest absolute Gasteiger partial charge is 0.492 e. The number of H-pyrrole nitrogens is 1. The second kappa shape index (κ2) is 8.45. The molecule has 1 fully saturated rings. The maximum Gasteiger partial charge on any atom is 0.399 e. The van der Waals surface area contributed by atoms with Crippen molar-refractivity contribution in [2.45, 2.75) is 51.6 Å². The summed E-state index contributed by atoms with van der Waals surface area (Å²) >= 11 is 0. The number of rotatable bonds is 7. The van der Waals surface area contributed by atoms with Crippen LogP contribution in [0.3, 0.4) is 0 Å². The number of carbonyl (C=O) groups is 1. The Morgan fingerprint density at radius 2 is 1.79 bits per heavy atom. The van der Waals surface area contributed by atoms with Crippen molar-refractivity contribution in [3.8, 4) is 28.4 Å². The van der Waals surface area contributed by atoms with Gasteiger partial charge in [0.05, 0.1) is 16.8 Å². The lowest BCUT2D eigenvalue weighted by molar-refractivity contribution is -0.213. The second-order valence-electron chi connectivity index (χ2n) is 9.47. The van der Waals surface area contributed by atoms with Crippen molar-refractivity contribution in [1.29, 1.82) is 0 Å². The number of carboxylic acid groups (broad SMARTS) is 1. The van der Waals surface area contributed by atoms with Crippen LogP contribution in [0.5, 0.6) is 5.75 Å². The van der Waals surface area contributed by atoms with Crippen LogP contribution in [0.25, 0.3) is 22.6 Å². The minimum absolute atomic E-state index is 0.0361. The summed E-state index contributed by atoms with van der Waals surface area (Å²) in [5, 5.41) is 9.19. The number of alkyl halides is 3. The monoisotopic (exact) mass is 473 g/mol. The molecule has 0 spiro atoms. The molecule has 0 bridgehead atoms. The molecule has 0 saturated heterocycles. The predicted octanol–water partition coefficient (Wildman–Crippen LogP) is 5.92. The molecule has 0 atom stereocenters. The number of benzene rings is 1. The Morgan fingerprint density at radius 3 is 2.32 bits per heavy atom. The molecule has 180 valence electrons. The number of carboxylic acids is 1. The van der Waals surface area contributed by atoms with Gasteiger partial charge in [-0.25, -0.2) is 4.98 Å². The van der Waals surface area contributed by atoms with Gasteiger partial charge in [0.25, 0.3) is 0 Å².